The molecule has 1 aliphatic heterocycles. The molecule has 0 spiro atoms. The van der Waals surface area contributed by atoms with E-state index < -0.39 is 15.4 Å². The van der Waals surface area contributed by atoms with Crippen molar-refractivity contribution >= 4 is 9.84 Å². The number of nitrogens with one attached hydrogen (secondary N) is 1. The molecule has 0 aromatic heterocycles. The molecule has 1 unspecified atom stereocenters. The normalized spacial score (nSPS) is 24.6. The van der Waals surface area contributed by atoms with Crippen molar-refractivity contribution < 1.29 is 13.5 Å². The van der Waals surface area contributed by atoms with Gasteiger partial charge in [-0.2, -0.15) is 0 Å². The molecule has 1 aromatic rings. The summed E-state index contributed by atoms with van der Waals surface area (Å²) in [6.45, 7) is 1.42. The van der Waals surface area contributed by atoms with Crippen molar-refractivity contribution in [1.82, 2.24) is 10.2 Å². The highest BCUT2D eigenvalue weighted by Crippen LogP contribution is 2.36. The summed E-state index contributed by atoms with van der Waals surface area (Å²) in [5.41, 5.74) is 0.0327. The lowest BCUT2D eigenvalue weighted by Crippen LogP contribution is -2.51. The van der Waals surface area contributed by atoms with Crippen LogP contribution < -0.4 is 5.32 Å². The van der Waals surface area contributed by atoms with Crippen molar-refractivity contribution in [3.05, 3.63) is 29.8 Å². The van der Waals surface area contributed by atoms with Crippen LogP contribution in [-0.2, 0) is 15.4 Å². The number of likely N-dealkylation sites (N-methyl/N-ethyl adjacent to an activating group) is 1. The van der Waals surface area contributed by atoms with E-state index in [4.69, 9.17) is 0 Å². The van der Waals surface area contributed by atoms with Crippen LogP contribution in [-0.4, -0.2) is 58.0 Å². The quantitative estimate of drug-likeness (QED) is 0.813. The lowest BCUT2D eigenvalue weighted by Gasteiger charge is -2.38. The number of fused-ring (bicyclic) bond motifs is 1. The SMILES string of the molecule is CN(C)CCNC1(CO)CCS(=O)(=O)c2ccccc21. The molecule has 2 rings (SSSR count). The van der Waals surface area contributed by atoms with Crippen LogP contribution in [0.4, 0.5) is 0 Å². The average molecular weight is 298 g/mol. The Morgan fingerprint density at radius 2 is 2.05 bits per heavy atom. The van der Waals surface area contributed by atoms with Gasteiger partial charge in [0, 0.05) is 13.1 Å². The lowest BCUT2D eigenvalue weighted by molar-refractivity contribution is 0.148. The molecule has 20 heavy (non-hydrogen) atoms. The Kier molecular flexibility index (Phi) is 4.49. The minimum atomic E-state index is -3.23. The fourth-order valence-corrected chi connectivity index (χ4v) is 4.33. The number of sulfone groups is 1. The number of hydrogen-bond acceptors (Lipinski definition) is 5. The summed E-state index contributed by atoms with van der Waals surface area (Å²) in [4.78, 5) is 2.39. The predicted molar refractivity (Wildman–Crippen MR) is 78.4 cm³/mol. The highest BCUT2D eigenvalue weighted by molar-refractivity contribution is 7.91. The standard InChI is InChI=1S/C14H22N2O3S/c1-16(2)9-8-15-14(11-17)7-10-20(18,19)13-6-4-3-5-12(13)14/h3-6,15,17H,7-11H2,1-2H3. The Bertz CT molecular complexity index is 572. The van der Waals surface area contributed by atoms with E-state index in [1.807, 2.05) is 25.1 Å². The van der Waals surface area contributed by atoms with Crippen LogP contribution in [0.3, 0.4) is 0 Å². The third-order valence-electron chi connectivity index (χ3n) is 3.83. The summed E-state index contributed by atoms with van der Waals surface area (Å²) in [6.07, 6.45) is 0.399. The molecule has 0 bridgehead atoms. The minimum Gasteiger partial charge on any atom is -0.394 e. The predicted octanol–water partition coefficient (Wildman–Crippen LogP) is 0.203. The van der Waals surface area contributed by atoms with Crippen molar-refractivity contribution in [2.45, 2.75) is 16.9 Å². The topological polar surface area (TPSA) is 69.6 Å². The van der Waals surface area contributed by atoms with Gasteiger partial charge in [-0.05, 0) is 32.1 Å². The van der Waals surface area contributed by atoms with Crippen molar-refractivity contribution in [2.24, 2.45) is 0 Å². The Labute approximate surface area is 120 Å². The van der Waals surface area contributed by atoms with Gasteiger partial charge in [-0.1, -0.05) is 18.2 Å². The van der Waals surface area contributed by atoms with E-state index >= 15 is 0 Å². The van der Waals surface area contributed by atoms with Crippen LogP contribution in [0.5, 0.6) is 0 Å². The van der Waals surface area contributed by atoms with Gasteiger partial charge in [-0.15, -0.1) is 0 Å². The number of rotatable bonds is 5. The van der Waals surface area contributed by atoms with Crippen molar-refractivity contribution in [2.75, 3.05) is 39.5 Å². The smallest absolute Gasteiger partial charge is 0.178 e. The number of aliphatic hydroxyl groups is 1. The summed E-state index contributed by atoms with van der Waals surface area (Å²) >= 11 is 0. The molecule has 0 saturated heterocycles. The molecule has 1 atom stereocenters. The van der Waals surface area contributed by atoms with Gasteiger partial charge < -0.3 is 15.3 Å². The number of benzene rings is 1. The highest BCUT2D eigenvalue weighted by atomic mass is 32.2. The van der Waals surface area contributed by atoms with E-state index in [1.54, 1.807) is 18.2 Å². The molecule has 0 amide bonds. The van der Waals surface area contributed by atoms with Gasteiger partial charge in [-0.25, -0.2) is 8.42 Å². The largest absolute Gasteiger partial charge is 0.394 e. The van der Waals surface area contributed by atoms with Crippen molar-refractivity contribution in [3.8, 4) is 0 Å². The molecule has 0 saturated carbocycles. The maximum atomic E-state index is 12.1. The Hall–Kier alpha value is -0.950. The first-order chi connectivity index (χ1) is 9.41. The zero-order valence-electron chi connectivity index (χ0n) is 12.0. The zero-order chi connectivity index (χ0) is 14.8. The number of nitrogens with zero attached hydrogens (tertiary/aromatic N) is 1. The van der Waals surface area contributed by atoms with Crippen LogP contribution in [0.25, 0.3) is 0 Å². The summed E-state index contributed by atoms with van der Waals surface area (Å²) in [7, 11) is 0.731. The summed E-state index contributed by atoms with van der Waals surface area (Å²) in [5.74, 6) is 0.0690. The maximum Gasteiger partial charge on any atom is 0.178 e. The Morgan fingerprint density at radius 3 is 2.70 bits per heavy atom. The molecule has 5 nitrogen and oxygen atoms in total. The number of hydrogen-bond donors (Lipinski definition) is 2. The molecule has 6 heteroatoms. The van der Waals surface area contributed by atoms with Gasteiger partial charge in [0.25, 0.3) is 0 Å². The van der Waals surface area contributed by atoms with E-state index in [2.05, 4.69) is 5.32 Å². The van der Waals surface area contributed by atoms with Gasteiger partial charge in [0.15, 0.2) is 9.84 Å². The fraction of sp³-hybridized carbons (Fsp3) is 0.571. The van der Waals surface area contributed by atoms with Crippen LogP contribution in [0.2, 0.25) is 0 Å². The monoisotopic (exact) mass is 298 g/mol. The van der Waals surface area contributed by atoms with Gasteiger partial charge in [0.05, 0.1) is 22.8 Å². The van der Waals surface area contributed by atoms with Crippen LogP contribution in [0, 0.1) is 0 Å². The number of aliphatic hydroxyl groups excluding tert-OH is 1. The van der Waals surface area contributed by atoms with Crippen LogP contribution in [0.1, 0.15) is 12.0 Å². The first-order valence-electron chi connectivity index (χ1n) is 6.74. The van der Waals surface area contributed by atoms with E-state index in [0.717, 1.165) is 6.54 Å². The molecule has 1 aromatic carbocycles. The van der Waals surface area contributed by atoms with E-state index in [-0.39, 0.29) is 12.4 Å². The summed E-state index contributed by atoms with van der Waals surface area (Å²) < 4.78 is 24.3. The third-order valence-corrected chi connectivity index (χ3v) is 5.60. The van der Waals surface area contributed by atoms with Gasteiger partial charge in [0.1, 0.15) is 0 Å². The second-order valence-electron chi connectivity index (χ2n) is 5.54. The molecule has 0 fully saturated rings. The minimum absolute atomic E-state index is 0.0690. The average Bonchev–Trinajstić information content (AvgIpc) is 2.42. The fourth-order valence-electron chi connectivity index (χ4n) is 2.61. The van der Waals surface area contributed by atoms with E-state index in [0.29, 0.717) is 23.4 Å². The molecular formula is C14H22N2O3S. The molecule has 2 N–H and O–H groups in total. The summed E-state index contributed by atoms with van der Waals surface area (Å²) in [6, 6.07) is 6.97. The van der Waals surface area contributed by atoms with Crippen molar-refractivity contribution in [1.29, 1.82) is 0 Å². The second-order valence-corrected chi connectivity index (χ2v) is 7.61. The molecular weight excluding hydrogens is 276 g/mol. The first kappa shape index (κ1) is 15.4. The van der Waals surface area contributed by atoms with E-state index in [9.17, 15) is 13.5 Å². The molecule has 0 aliphatic carbocycles. The van der Waals surface area contributed by atoms with Crippen LogP contribution in [0.15, 0.2) is 29.2 Å². The van der Waals surface area contributed by atoms with Gasteiger partial charge in [-0.3, -0.25) is 0 Å². The Morgan fingerprint density at radius 1 is 1.35 bits per heavy atom. The maximum absolute atomic E-state index is 12.1. The molecule has 0 radical (unpaired) electrons. The highest BCUT2D eigenvalue weighted by Gasteiger charge is 2.41. The Balaban J connectivity index is 2.35. The summed E-state index contributed by atoms with van der Waals surface area (Å²) in [5, 5.41) is 13.2. The third kappa shape index (κ3) is 2.88. The zero-order valence-corrected chi connectivity index (χ0v) is 12.8. The van der Waals surface area contributed by atoms with Gasteiger partial charge >= 0.3 is 0 Å². The van der Waals surface area contributed by atoms with Gasteiger partial charge in [0.2, 0.25) is 0 Å². The molecule has 112 valence electrons. The van der Waals surface area contributed by atoms with E-state index in [1.165, 1.54) is 0 Å². The van der Waals surface area contributed by atoms with Crippen molar-refractivity contribution in [3.63, 3.8) is 0 Å². The molecule has 1 aliphatic rings. The second kappa shape index (κ2) is 5.81. The van der Waals surface area contributed by atoms with Crippen LogP contribution >= 0.6 is 0 Å². The molecule has 1 heterocycles. The lowest BCUT2D eigenvalue weighted by atomic mass is 9.87. The first-order valence-corrected chi connectivity index (χ1v) is 8.39.